The molecule has 0 saturated heterocycles. The molecule has 0 aliphatic heterocycles. The van der Waals surface area contributed by atoms with Crippen LogP contribution in [0, 0.1) is 5.82 Å². The van der Waals surface area contributed by atoms with Gasteiger partial charge < -0.3 is 5.73 Å². The van der Waals surface area contributed by atoms with E-state index in [1.807, 2.05) is 19.1 Å². The molecule has 1 atom stereocenters. The standard InChI is InChI=1S/C13H18FN/c1-3-10-4-5-12(14)11(8-10)13(6-7-13)9(2)15/h4-5,8-9H,3,6-7,15H2,1-2H3. The van der Waals surface area contributed by atoms with E-state index in [1.165, 1.54) is 5.56 Å². The summed E-state index contributed by atoms with van der Waals surface area (Å²) in [6, 6.07) is 5.47. The zero-order valence-electron chi connectivity index (χ0n) is 9.39. The van der Waals surface area contributed by atoms with E-state index in [1.54, 1.807) is 6.07 Å². The molecule has 0 spiro atoms. The molecule has 0 radical (unpaired) electrons. The van der Waals surface area contributed by atoms with Gasteiger partial charge in [-0.2, -0.15) is 0 Å². The van der Waals surface area contributed by atoms with Gasteiger partial charge in [-0.1, -0.05) is 19.1 Å². The topological polar surface area (TPSA) is 26.0 Å². The molecule has 0 heterocycles. The second-order valence-electron chi connectivity index (χ2n) is 4.61. The average Bonchev–Trinajstić information content (AvgIpc) is 2.99. The molecule has 15 heavy (non-hydrogen) atoms. The highest BCUT2D eigenvalue weighted by Gasteiger charge is 2.48. The van der Waals surface area contributed by atoms with Gasteiger partial charge in [0.2, 0.25) is 0 Å². The molecule has 0 aromatic heterocycles. The minimum Gasteiger partial charge on any atom is -0.327 e. The van der Waals surface area contributed by atoms with Gasteiger partial charge in [0.05, 0.1) is 0 Å². The van der Waals surface area contributed by atoms with Crippen LogP contribution in [0.1, 0.15) is 37.8 Å². The maximum absolute atomic E-state index is 13.7. The summed E-state index contributed by atoms with van der Waals surface area (Å²) >= 11 is 0. The van der Waals surface area contributed by atoms with Crippen LogP contribution in [0.5, 0.6) is 0 Å². The van der Waals surface area contributed by atoms with Gasteiger partial charge in [-0.25, -0.2) is 4.39 Å². The summed E-state index contributed by atoms with van der Waals surface area (Å²) in [5.41, 5.74) is 7.91. The average molecular weight is 207 g/mol. The molecule has 1 aliphatic carbocycles. The van der Waals surface area contributed by atoms with E-state index in [2.05, 4.69) is 6.92 Å². The minimum absolute atomic E-state index is 0.0408. The second-order valence-corrected chi connectivity index (χ2v) is 4.61. The van der Waals surface area contributed by atoms with Crippen LogP contribution in [0.25, 0.3) is 0 Å². The predicted octanol–water partition coefficient (Wildman–Crippen LogP) is 2.77. The Hall–Kier alpha value is -0.890. The minimum atomic E-state index is -0.0954. The number of rotatable bonds is 3. The molecule has 1 nitrogen and oxygen atoms in total. The molecule has 1 aliphatic rings. The molecule has 2 heteroatoms. The third-order valence-corrected chi connectivity index (χ3v) is 3.64. The number of hydrogen-bond acceptors (Lipinski definition) is 1. The quantitative estimate of drug-likeness (QED) is 0.810. The van der Waals surface area contributed by atoms with E-state index < -0.39 is 0 Å². The second kappa shape index (κ2) is 3.60. The highest BCUT2D eigenvalue weighted by Crippen LogP contribution is 2.51. The molecule has 1 unspecified atom stereocenters. The van der Waals surface area contributed by atoms with Crippen LogP contribution >= 0.6 is 0 Å². The maximum atomic E-state index is 13.7. The van der Waals surface area contributed by atoms with Crippen molar-refractivity contribution in [2.75, 3.05) is 0 Å². The Morgan fingerprint density at radius 2 is 2.13 bits per heavy atom. The van der Waals surface area contributed by atoms with Gasteiger partial charge in [-0.15, -0.1) is 0 Å². The molecular weight excluding hydrogens is 189 g/mol. The zero-order valence-corrected chi connectivity index (χ0v) is 9.39. The monoisotopic (exact) mass is 207 g/mol. The van der Waals surface area contributed by atoms with E-state index in [9.17, 15) is 4.39 Å². The highest BCUT2D eigenvalue weighted by atomic mass is 19.1. The summed E-state index contributed by atoms with van der Waals surface area (Å²) in [5.74, 6) is -0.0954. The Morgan fingerprint density at radius 1 is 1.47 bits per heavy atom. The van der Waals surface area contributed by atoms with Crippen molar-refractivity contribution in [2.45, 2.75) is 44.6 Å². The van der Waals surface area contributed by atoms with Crippen LogP contribution in [-0.4, -0.2) is 6.04 Å². The fraction of sp³-hybridized carbons (Fsp3) is 0.538. The molecular formula is C13H18FN. The fourth-order valence-corrected chi connectivity index (χ4v) is 2.28. The third kappa shape index (κ3) is 1.67. The van der Waals surface area contributed by atoms with Crippen molar-refractivity contribution in [3.63, 3.8) is 0 Å². The van der Waals surface area contributed by atoms with Crippen LogP contribution in [0.15, 0.2) is 18.2 Å². The van der Waals surface area contributed by atoms with E-state index >= 15 is 0 Å². The van der Waals surface area contributed by atoms with Crippen molar-refractivity contribution < 1.29 is 4.39 Å². The van der Waals surface area contributed by atoms with Crippen LogP contribution in [0.2, 0.25) is 0 Å². The molecule has 0 bridgehead atoms. The van der Waals surface area contributed by atoms with E-state index in [-0.39, 0.29) is 17.3 Å². The number of benzene rings is 1. The van der Waals surface area contributed by atoms with Gasteiger partial charge in [-0.3, -0.25) is 0 Å². The summed E-state index contributed by atoms with van der Waals surface area (Å²) in [5, 5.41) is 0. The summed E-state index contributed by atoms with van der Waals surface area (Å²) in [6.45, 7) is 4.06. The molecule has 1 aromatic carbocycles. The Labute approximate surface area is 90.5 Å². The maximum Gasteiger partial charge on any atom is 0.127 e. The fourth-order valence-electron chi connectivity index (χ4n) is 2.28. The summed E-state index contributed by atoms with van der Waals surface area (Å²) in [7, 11) is 0. The van der Waals surface area contributed by atoms with Gasteiger partial charge in [0, 0.05) is 11.5 Å². The summed E-state index contributed by atoms with van der Waals surface area (Å²) < 4.78 is 13.7. The first-order valence-electron chi connectivity index (χ1n) is 5.64. The number of hydrogen-bond donors (Lipinski definition) is 1. The lowest BCUT2D eigenvalue weighted by Crippen LogP contribution is -2.32. The van der Waals surface area contributed by atoms with Crippen molar-refractivity contribution in [1.82, 2.24) is 0 Å². The van der Waals surface area contributed by atoms with Gasteiger partial charge in [0.15, 0.2) is 0 Å². The zero-order chi connectivity index (χ0) is 11.1. The molecule has 2 N–H and O–H groups in total. The molecule has 0 amide bonds. The lowest BCUT2D eigenvalue weighted by atomic mass is 9.88. The van der Waals surface area contributed by atoms with Gasteiger partial charge >= 0.3 is 0 Å². The lowest BCUT2D eigenvalue weighted by molar-refractivity contribution is 0.511. The number of nitrogens with two attached hydrogens (primary N) is 1. The largest absolute Gasteiger partial charge is 0.327 e. The summed E-state index contributed by atoms with van der Waals surface area (Å²) in [4.78, 5) is 0. The van der Waals surface area contributed by atoms with Gasteiger partial charge in [-0.05, 0) is 43.4 Å². The molecule has 2 rings (SSSR count). The van der Waals surface area contributed by atoms with E-state index in [0.29, 0.717) is 0 Å². The van der Waals surface area contributed by atoms with E-state index in [4.69, 9.17) is 5.73 Å². The first kappa shape index (κ1) is 10.6. The SMILES string of the molecule is CCc1ccc(F)c(C2(C(C)N)CC2)c1. The van der Waals surface area contributed by atoms with Crippen molar-refractivity contribution in [1.29, 1.82) is 0 Å². The molecule has 1 aromatic rings. The van der Waals surface area contributed by atoms with Gasteiger partial charge in [0.25, 0.3) is 0 Å². The predicted molar refractivity (Wildman–Crippen MR) is 60.3 cm³/mol. The van der Waals surface area contributed by atoms with Crippen LogP contribution < -0.4 is 5.73 Å². The molecule has 82 valence electrons. The Balaban J connectivity index is 2.43. The Bertz CT molecular complexity index is 367. The Kier molecular flexibility index (Phi) is 2.55. The van der Waals surface area contributed by atoms with Crippen LogP contribution in [0.4, 0.5) is 4.39 Å². The molecule has 1 fully saturated rings. The lowest BCUT2D eigenvalue weighted by Gasteiger charge is -2.21. The van der Waals surface area contributed by atoms with Crippen molar-refractivity contribution in [3.05, 3.63) is 35.1 Å². The van der Waals surface area contributed by atoms with Crippen LogP contribution in [-0.2, 0) is 11.8 Å². The number of halogens is 1. The van der Waals surface area contributed by atoms with Crippen LogP contribution in [0.3, 0.4) is 0 Å². The van der Waals surface area contributed by atoms with E-state index in [0.717, 1.165) is 24.8 Å². The van der Waals surface area contributed by atoms with Gasteiger partial charge in [0.1, 0.15) is 5.82 Å². The smallest absolute Gasteiger partial charge is 0.127 e. The highest BCUT2D eigenvalue weighted by molar-refractivity contribution is 5.37. The Morgan fingerprint density at radius 3 is 2.60 bits per heavy atom. The van der Waals surface area contributed by atoms with Crippen molar-refractivity contribution in [2.24, 2.45) is 5.73 Å². The third-order valence-electron chi connectivity index (χ3n) is 3.64. The van der Waals surface area contributed by atoms with Crippen molar-refractivity contribution >= 4 is 0 Å². The van der Waals surface area contributed by atoms with Crippen molar-refractivity contribution in [3.8, 4) is 0 Å². The normalized spacial score (nSPS) is 20.0. The first-order chi connectivity index (χ1) is 7.10. The summed E-state index contributed by atoms with van der Waals surface area (Å²) in [6.07, 6.45) is 2.99. The molecule has 1 saturated carbocycles. The number of aryl methyl sites for hydroxylation is 1. The first-order valence-corrected chi connectivity index (χ1v) is 5.64.